The molecule has 0 aliphatic carbocycles. The number of rotatable bonds is 11. The van der Waals surface area contributed by atoms with Gasteiger partial charge in [-0.05, 0) is 97.7 Å². The van der Waals surface area contributed by atoms with Gasteiger partial charge in [0.2, 0.25) is 11.8 Å². The molecule has 3 N–H and O–H groups in total. The van der Waals surface area contributed by atoms with Crippen molar-refractivity contribution in [2.75, 3.05) is 4.90 Å². The van der Waals surface area contributed by atoms with Crippen LogP contribution in [0.4, 0.5) is 15.3 Å². The Morgan fingerprint density at radius 3 is 2.21 bits per heavy atom. The molecule has 10 nitrogen and oxygen atoms in total. The van der Waals surface area contributed by atoms with Crippen LogP contribution in [-0.4, -0.2) is 41.2 Å². The minimum Gasteiger partial charge on any atom is -0.445 e. The number of carbonyl (C=O) groups excluding carboxylic acids is 4. The molecule has 0 spiro atoms. The molecular formula is C46H50N4O6. The molecule has 0 bridgehead atoms. The van der Waals surface area contributed by atoms with Crippen LogP contribution in [0.5, 0.6) is 0 Å². The van der Waals surface area contributed by atoms with E-state index < -0.39 is 29.4 Å². The van der Waals surface area contributed by atoms with Crippen LogP contribution in [0.1, 0.15) is 69.7 Å². The number of carbonyl (C=O) groups is 4. The molecule has 10 heteroatoms. The van der Waals surface area contributed by atoms with E-state index in [0.717, 1.165) is 49.8 Å². The molecule has 0 radical (unpaired) electrons. The van der Waals surface area contributed by atoms with Crippen molar-refractivity contribution in [3.63, 3.8) is 0 Å². The standard InChI is InChI=1S/C46H50N4O6/c1-45(2,3)56-43(53)47-28-35-16-10-11-17-36(35)34-21-19-31(20-22-34)29-50-40-26-23-33-15-9-12-18-37(33)38(40)24-25-39(42(50)52)48-41(51)27-46(4,5)49-44(54)55-30-32-13-7-6-8-14-32/h6-23,26,39H,24-25,27-30H2,1-5H3,(H,47,53)(H,48,51)(H,49,54)/t39-/m1/s1. The first-order valence-electron chi connectivity index (χ1n) is 19.0. The van der Waals surface area contributed by atoms with E-state index in [2.05, 4.69) is 28.1 Å². The number of nitrogens with zero attached hydrogens (tertiary/aromatic N) is 1. The molecule has 1 aliphatic heterocycles. The Balaban J connectivity index is 1.18. The lowest BCUT2D eigenvalue weighted by Crippen LogP contribution is -2.51. The van der Waals surface area contributed by atoms with Crippen LogP contribution in [0.2, 0.25) is 0 Å². The number of fused-ring (bicyclic) bond motifs is 3. The zero-order chi connectivity index (χ0) is 39.9. The van der Waals surface area contributed by atoms with Crippen LogP contribution in [0, 0.1) is 0 Å². The number of hydrogen-bond donors (Lipinski definition) is 3. The molecule has 0 saturated heterocycles. The average molecular weight is 755 g/mol. The van der Waals surface area contributed by atoms with Gasteiger partial charge in [0.1, 0.15) is 18.2 Å². The van der Waals surface area contributed by atoms with Gasteiger partial charge in [-0.3, -0.25) is 9.59 Å². The van der Waals surface area contributed by atoms with Crippen LogP contribution >= 0.6 is 0 Å². The van der Waals surface area contributed by atoms with Crippen LogP contribution in [-0.2, 0) is 45.2 Å². The number of amides is 4. The topological polar surface area (TPSA) is 126 Å². The maximum absolute atomic E-state index is 14.5. The molecular weight excluding hydrogens is 705 g/mol. The van der Waals surface area contributed by atoms with Gasteiger partial charge < -0.3 is 30.3 Å². The van der Waals surface area contributed by atoms with Crippen molar-refractivity contribution in [3.05, 3.63) is 138 Å². The van der Waals surface area contributed by atoms with Gasteiger partial charge in [0.25, 0.3) is 0 Å². The number of aryl methyl sites for hydroxylation is 1. The lowest BCUT2D eigenvalue weighted by molar-refractivity contribution is -0.128. The van der Waals surface area contributed by atoms with Crippen molar-refractivity contribution in [1.29, 1.82) is 0 Å². The molecule has 1 heterocycles. The molecule has 0 saturated carbocycles. The fourth-order valence-electron chi connectivity index (χ4n) is 6.99. The van der Waals surface area contributed by atoms with Crippen molar-refractivity contribution in [1.82, 2.24) is 16.0 Å². The molecule has 0 aromatic heterocycles. The van der Waals surface area contributed by atoms with E-state index in [0.29, 0.717) is 25.9 Å². The van der Waals surface area contributed by atoms with E-state index in [1.807, 2.05) is 124 Å². The summed E-state index contributed by atoms with van der Waals surface area (Å²) in [6.07, 6.45) is -0.153. The summed E-state index contributed by atoms with van der Waals surface area (Å²) in [5.41, 5.74) is 4.99. The SMILES string of the molecule is CC(C)(CC(=O)N[C@@H]1CCc2c(ccc3ccccc23)N(Cc2ccc(-c3ccccc3CNC(=O)OC(C)(C)C)cc2)C1=O)NC(=O)OCc1ccccc1. The summed E-state index contributed by atoms with van der Waals surface area (Å²) >= 11 is 0. The number of anilines is 1. The van der Waals surface area contributed by atoms with Crippen molar-refractivity contribution in [3.8, 4) is 11.1 Å². The monoisotopic (exact) mass is 754 g/mol. The zero-order valence-electron chi connectivity index (χ0n) is 32.7. The Kier molecular flexibility index (Phi) is 12.1. The van der Waals surface area contributed by atoms with Gasteiger partial charge in [0, 0.05) is 24.2 Å². The zero-order valence-corrected chi connectivity index (χ0v) is 32.7. The van der Waals surface area contributed by atoms with Gasteiger partial charge in [-0.25, -0.2) is 9.59 Å². The minimum absolute atomic E-state index is 0.0523. The third-order valence-corrected chi connectivity index (χ3v) is 9.59. The molecule has 1 atom stereocenters. The maximum atomic E-state index is 14.5. The highest BCUT2D eigenvalue weighted by Gasteiger charge is 2.34. The fourth-order valence-corrected chi connectivity index (χ4v) is 6.99. The van der Waals surface area contributed by atoms with Gasteiger partial charge in [0.05, 0.1) is 6.54 Å². The lowest BCUT2D eigenvalue weighted by atomic mass is 9.97. The van der Waals surface area contributed by atoms with Crippen LogP contribution in [0.25, 0.3) is 21.9 Å². The molecule has 4 amide bonds. The quantitative estimate of drug-likeness (QED) is 0.124. The van der Waals surface area contributed by atoms with E-state index in [-0.39, 0.29) is 24.8 Å². The van der Waals surface area contributed by atoms with Gasteiger partial charge >= 0.3 is 12.2 Å². The Labute approximate surface area is 328 Å². The highest BCUT2D eigenvalue weighted by atomic mass is 16.6. The molecule has 0 fully saturated rings. The third-order valence-electron chi connectivity index (χ3n) is 9.59. The summed E-state index contributed by atoms with van der Waals surface area (Å²) in [7, 11) is 0. The molecule has 56 heavy (non-hydrogen) atoms. The Bertz CT molecular complexity index is 2190. The fraction of sp³-hybridized carbons (Fsp3) is 0.304. The predicted molar refractivity (Wildman–Crippen MR) is 219 cm³/mol. The van der Waals surface area contributed by atoms with Crippen LogP contribution in [0.15, 0.2) is 115 Å². The van der Waals surface area contributed by atoms with Crippen molar-refractivity contribution in [2.24, 2.45) is 0 Å². The second kappa shape index (κ2) is 17.1. The average Bonchev–Trinajstić information content (AvgIpc) is 3.28. The van der Waals surface area contributed by atoms with E-state index in [4.69, 9.17) is 9.47 Å². The summed E-state index contributed by atoms with van der Waals surface area (Å²) in [4.78, 5) is 54.8. The van der Waals surface area contributed by atoms with Crippen LogP contribution < -0.4 is 20.9 Å². The van der Waals surface area contributed by atoms with E-state index in [1.54, 1.807) is 18.7 Å². The van der Waals surface area contributed by atoms with Crippen molar-refractivity contribution >= 4 is 40.5 Å². The first-order valence-corrected chi connectivity index (χ1v) is 19.0. The normalized spacial score (nSPS) is 14.3. The maximum Gasteiger partial charge on any atom is 0.407 e. The molecule has 6 rings (SSSR count). The largest absolute Gasteiger partial charge is 0.445 e. The molecule has 290 valence electrons. The lowest BCUT2D eigenvalue weighted by Gasteiger charge is -2.29. The van der Waals surface area contributed by atoms with Crippen molar-refractivity contribution in [2.45, 2.75) is 90.8 Å². The number of hydrogen-bond acceptors (Lipinski definition) is 6. The Hall–Kier alpha value is -6.16. The smallest absolute Gasteiger partial charge is 0.407 e. The van der Waals surface area contributed by atoms with Gasteiger partial charge in [-0.2, -0.15) is 0 Å². The Morgan fingerprint density at radius 2 is 1.46 bits per heavy atom. The highest BCUT2D eigenvalue weighted by molar-refractivity contribution is 6.03. The van der Waals surface area contributed by atoms with E-state index >= 15 is 0 Å². The highest BCUT2D eigenvalue weighted by Crippen LogP contribution is 2.35. The molecule has 0 unspecified atom stereocenters. The van der Waals surface area contributed by atoms with E-state index in [1.165, 1.54) is 0 Å². The van der Waals surface area contributed by atoms with Gasteiger partial charge in [0.15, 0.2) is 0 Å². The minimum atomic E-state index is -0.934. The second-order valence-corrected chi connectivity index (χ2v) is 15.8. The van der Waals surface area contributed by atoms with Gasteiger partial charge in [-0.15, -0.1) is 0 Å². The molecule has 1 aliphatic rings. The number of benzene rings is 5. The summed E-state index contributed by atoms with van der Waals surface area (Å²) < 4.78 is 10.8. The number of ether oxygens (including phenoxy) is 2. The number of alkyl carbamates (subject to hydrolysis) is 2. The van der Waals surface area contributed by atoms with Crippen molar-refractivity contribution < 1.29 is 28.7 Å². The van der Waals surface area contributed by atoms with Crippen LogP contribution in [0.3, 0.4) is 0 Å². The summed E-state index contributed by atoms with van der Waals surface area (Å²) in [5.74, 6) is -0.556. The molecule has 5 aromatic rings. The van der Waals surface area contributed by atoms with Gasteiger partial charge in [-0.1, -0.05) is 109 Å². The molecule has 5 aromatic carbocycles. The number of nitrogens with one attached hydrogen (secondary N) is 3. The summed E-state index contributed by atoms with van der Waals surface area (Å²) in [6.45, 7) is 9.69. The first kappa shape index (κ1) is 39.5. The second-order valence-electron chi connectivity index (χ2n) is 15.8. The predicted octanol–water partition coefficient (Wildman–Crippen LogP) is 8.59. The van der Waals surface area contributed by atoms with E-state index in [9.17, 15) is 19.2 Å². The summed E-state index contributed by atoms with van der Waals surface area (Å²) in [5, 5.41) is 10.8. The third kappa shape index (κ3) is 10.3. The first-order chi connectivity index (χ1) is 26.7. The Morgan fingerprint density at radius 1 is 0.768 bits per heavy atom. The summed E-state index contributed by atoms with van der Waals surface area (Å²) in [6, 6.07) is 36.7.